The fourth-order valence-electron chi connectivity index (χ4n) is 3.90. The third-order valence-corrected chi connectivity index (χ3v) is 6.65. The van der Waals surface area contributed by atoms with Crippen LogP contribution in [-0.2, 0) is 17.9 Å². The molecular formula is C23H22N4O3S. The van der Waals surface area contributed by atoms with Crippen molar-refractivity contribution in [1.29, 1.82) is 0 Å². The van der Waals surface area contributed by atoms with Gasteiger partial charge in [0.1, 0.15) is 23.6 Å². The number of fused-ring (bicyclic) bond motifs is 2. The molecule has 3 aromatic rings. The number of amides is 1. The van der Waals surface area contributed by atoms with Crippen molar-refractivity contribution in [2.75, 3.05) is 23.5 Å². The van der Waals surface area contributed by atoms with E-state index >= 15 is 0 Å². The van der Waals surface area contributed by atoms with Crippen LogP contribution < -0.4 is 29.8 Å². The lowest BCUT2D eigenvalue weighted by Crippen LogP contribution is -2.43. The molecule has 7 nitrogen and oxygen atoms in total. The molecule has 3 heterocycles. The Balaban J connectivity index is 1.58. The monoisotopic (exact) mass is 434 g/mol. The summed E-state index contributed by atoms with van der Waals surface area (Å²) >= 11 is 1.27. The van der Waals surface area contributed by atoms with Crippen molar-refractivity contribution in [3.05, 3.63) is 73.3 Å². The molecule has 2 aliphatic rings. The molecule has 0 saturated carbocycles. The number of nitrogens with one attached hydrogen (secondary N) is 1. The number of aromatic nitrogens is 1. The standard InChI is InChI=1S/C23H22N4O3S/c1-3-14-5-7-15(8-6-14)26-12-24-23-27(13-26)22(29)20(31-23)19-17-11-16(30-4-2)9-10-18(17)25-21(19)28/h5-11H,3-4,12-13H2,1-2H3,(H,25,28)/b20-19-. The maximum Gasteiger partial charge on any atom is 0.272 e. The van der Waals surface area contributed by atoms with Crippen LogP contribution in [0.2, 0.25) is 0 Å². The normalized spacial score (nSPS) is 16.5. The number of ether oxygens (including phenoxy) is 1. The summed E-state index contributed by atoms with van der Waals surface area (Å²) in [5, 5.41) is 2.85. The summed E-state index contributed by atoms with van der Waals surface area (Å²) in [6, 6.07) is 13.7. The first kappa shape index (κ1) is 19.6. The molecule has 5 rings (SSSR count). The molecule has 0 unspecified atom stereocenters. The predicted molar refractivity (Wildman–Crippen MR) is 121 cm³/mol. The summed E-state index contributed by atoms with van der Waals surface area (Å²) in [5.41, 5.74) is 3.86. The third-order valence-electron chi connectivity index (χ3n) is 5.54. The van der Waals surface area contributed by atoms with Gasteiger partial charge in [-0.05, 0) is 49.2 Å². The Morgan fingerprint density at radius 3 is 2.68 bits per heavy atom. The quantitative estimate of drug-likeness (QED) is 0.682. The lowest BCUT2D eigenvalue weighted by atomic mass is 10.1. The first-order chi connectivity index (χ1) is 15.1. The summed E-state index contributed by atoms with van der Waals surface area (Å²) in [7, 11) is 0. The zero-order valence-electron chi connectivity index (χ0n) is 17.3. The number of carbonyl (C=O) groups excluding carboxylic acids is 1. The Bertz CT molecular complexity index is 1350. The van der Waals surface area contributed by atoms with Crippen LogP contribution in [0.3, 0.4) is 0 Å². The highest BCUT2D eigenvalue weighted by Gasteiger charge is 2.28. The van der Waals surface area contributed by atoms with Crippen LogP contribution in [0.15, 0.2) is 52.3 Å². The minimum absolute atomic E-state index is 0.196. The molecule has 0 radical (unpaired) electrons. The van der Waals surface area contributed by atoms with Crippen LogP contribution in [0.4, 0.5) is 11.4 Å². The van der Waals surface area contributed by atoms with E-state index in [9.17, 15) is 9.59 Å². The van der Waals surface area contributed by atoms with E-state index in [0.29, 0.717) is 51.9 Å². The largest absolute Gasteiger partial charge is 0.494 e. The van der Waals surface area contributed by atoms with E-state index < -0.39 is 0 Å². The zero-order valence-corrected chi connectivity index (χ0v) is 18.2. The first-order valence-electron chi connectivity index (χ1n) is 10.3. The number of rotatable bonds is 4. The molecule has 1 amide bonds. The van der Waals surface area contributed by atoms with Crippen molar-refractivity contribution in [2.24, 2.45) is 4.99 Å². The molecule has 0 atom stereocenters. The average Bonchev–Trinajstić information content (AvgIpc) is 3.29. The summed E-state index contributed by atoms with van der Waals surface area (Å²) < 4.78 is 7.63. The van der Waals surface area contributed by atoms with E-state index in [2.05, 4.69) is 41.5 Å². The van der Waals surface area contributed by atoms with E-state index in [1.807, 2.05) is 30.0 Å². The Kier molecular flexibility index (Phi) is 4.86. The fraction of sp³-hybridized carbons (Fsp3) is 0.261. The van der Waals surface area contributed by atoms with Crippen molar-refractivity contribution >= 4 is 34.2 Å². The van der Waals surface area contributed by atoms with E-state index in [4.69, 9.17) is 4.74 Å². The number of carbonyl (C=O) groups is 1. The van der Waals surface area contributed by atoms with E-state index in [0.717, 1.165) is 12.1 Å². The molecule has 2 aliphatic heterocycles. The molecule has 8 heteroatoms. The molecule has 0 bridgehead atoms. The Labute approximate surface area is 182 Å². The van der Waals surface area contributed by atoms with Crippen molar-refractivity contribution < 1.29 is 9.53 Å². The molecule has 31 heavy (non-hydrogen) atoms. The molecule has 0 spiro atoms. The topological polar surface area (TPSA) is 75.9 Å². The van der Waals surface area contributed by atoms with Crippen LogP contribution in [0.1, 0.15) is 25.0 Å². The molecule has 0 fully saturated rings. The number of aryl methyl sites for hydroxylation is 1. The van der Waals surface area contributed by atoms with Crippen LogP contribution in [-0.4, -0.2) is 23.7 Å². The highest BCUT2D eigenvalue weighted by molar-refractivity contribution is 7.07. The second kappa shape index (κ2) is 7.70. The van der Waals surface area contributed by atoms with E-state index in [1.165, 1.54) is 16.9 Å². The summed E-state index contributed by atoms with van der Waals surface area (Å²) in [6.45, 7) is 5.43. The molecule has 0 aliphatic carbocycles. The number of hydrogen-bond donors (Lipinski definition) is 1. The fourth-order valence-corrected chi connectivity index (χ4v) is 4.95. The van der Waals surface area contributed by atoms with Gasteiger partial charge in [-0.1, -0.05) is 30.4 Å². The predicted octanol–water partition coefficient (Wildman–Crippen LogP) is 2.08. The molecule has 158 valence electrons. The number of anilines is 2. The number of thiazole rings is 1. The second-order valence-electron chi connectivity index (χ2n) is 7.42. The van der Waals surface area contributed by atoms with E-state index in [1.54, 1.807) is 4.57 Å². The molecule has 2 aromatic carbocycles. The van der Waals surface area contributed by atoms with Gasteiger partial charge in [-0.25, -0.2) is 4.99 Å². The SMILES string of the molecule is CCOc1ccc2c(c1)/C(=c1/sc3n(c1=O)CN(c1ccc(CC)cc1)CN=3)C(=O)N2. The van der Waals surface area contributed by atoms with Crippen LogP contribution in [0, 0.1) is 0 Å². The first-order valence-corrected chi connectivity index (χ1v) is 11.1. The number of hydrogen-bond acceptors (Lipinski definition) is 6. The maximum absolute atomic E-state index is 13.3. The van der Waals surface area contributed by atoms with Crippen molar-refractivity contribution in [3.63, 3.8) is 0 Å². The summed E-state index contributed by atoms with van der Waals surface area (Å²) in [4.78, 5) is 33.3. The molecule has 1 aromatic heterocycles. The van der Waals surface area contributed by atoms with Crippen LogP contribution in [0.5, 0.6) is 5.75 Å². The van der Waals surface area contributed by atoms with Gasteiger partial charge in [0.25, 0.3) is 11.5 Å². The van der Waals surface area contributed by atoms with Gasteiger partial charge in [0.15, 0.2) is 4.80 Å². The van der Waals surface area contributed by atoms with Gasteiger partial charge in [0.05, 0.1) is 12.2 Å². The van der Waals surface area contributed by atoms with Crippen molar-refractivity contribution in [2.45, 2.75) is 26.9 Å². The number of nitrogens with zero attached hydrogens (tertiary/aromatic N) is 3. The van der Waals surface area contributed by atoms with Crippen molar-refractivity contribution in [1.82, 2.24) is 4.57 Å². The second-order valence-corrected chi connectivity index (χ2v) is 8.39. The lowest BCUT2D eigenvalue weighted by Gasteiger charge is -2.25. The Morgan fingerprint density at radius 2 is 1.94 bits per heavy atom. The average molecular weight is 435 g/mol. The van der Waals surface area contributed by atoms with Gasteiger partial charge in [0, 0.05) is 16.9 Å². The highest BCUT2D eigenvalue weighted by Crippen LogP contribution is 2.33. The Hall–Kier alpha value is -3.39. The number of benzene rings is 2. The zero-order chi connectivity index (χ0) is 21.5. The van der Waals surface area contributed by atoms with Gasteiger partial charge >= 0.3 is 0 Å². The summed E-state index contributed by atoms with van der Waals surface area (Å²) in [5.74, 6) is 0.398. The van der Waals surface area contributed by atoms with Gasteiger partial charge in [-0.2, -0.15) is 0 Å². The van der Waals surface area contributed by atoms with Gasteiger partial charge in [-0.3, -0.25) is 14.2 Å². The van der Waals surface area contributed by atoms with Gasteiger partial charge in [-0.15, -0.1) is 0 Å². The minimum atomic E-state index is -0.271. The van der Waals surface area contributed by atoms with Gasteiger partial charge in [0.2, 0.25) is 0 Å². The molecular weight excluding hydrogens is 412 g/mol. The summed E-state index contributed by atoms with van der Waals surface area (Å²) in [6.07, 6.45) is 0.981. The van der Waals surface area contributed by atoms with Crippen molar-refractivity contribution in [3.8, 4) is 5.75 Å². The van der Waals surface area contributed by atoms with Crippen LogP contribution >= 0.6 is 11.3 Å². The third kappa shape index (κ3) is 3.33. The lowest BCUT2D eigenvalue weighted by molar-refractivity contribution is -0.110. The Morgan fingerprint density at radius 1 is 1.13 bits per heavy atom. The highest BCUT2D eigenvalue weighted by atomic mass is 32.1. The molecule has 1 N–H and O–H groups in total. The van der Waals surface area contributed by atoms with Crippen LogP contribution in [0.25, 0.3) is 5.57 Å². The molecule has 0 saturated heterocycles. The van der Waals surface area contributed by atoms with Gasteiger partial charge < -0.3 is 15.0 Å². The maximum atomic E-state index is 13.3. The van der Waals surface area contributed by atoms with E-state index in [-0.39, 0.29) is 11.5 Å². The minimum Gasteiger partial charge on any atom is -0.494 e. The smallest absolute Gasteiger partial charge is 0.272 e.